The summed E-state index contributed by atoms with van der Waals surface area (Å²) < 4.78 is 0. The van der Waals surface area contributed by atoms with Gasteiger partial charge in [-0.05, 0) is 64.9 Å². The van der Waals surface area contributed by atoms with Crippen LogP contribution in [0.2, 0.25) is 0 Å². The third kappa shape index (κ3) is 7.34. The van der Waals surface area contributed by atoms with Crippen LogP contribution in [0.4, 0.5) is 0 Å². The standard InChI is InChI=1S/C17H30N2/c1-6-13-19(5)14-16-9-7-15(8-10-16)11-12-18-17(2,3)4/h7-10,18H,6,11-14H2,1-5H3. The molecule has 0 aliphatic carbocycles. The van der Waals surface area contributed by atoms with Crippen LogP contribution in [0.25, 0.3) is 0 Å². The molecule has 0 heterocycles. The normalized spacial score (nSPS) is 12.1. The van der Waals surface area contributed by atoms with E-state index in [0.29, 0.717) is 0 Å². The minimum atomic E-state index is 0.211. The molecule has 1 N–H and O–H groups in total. The monoisotopic (exact) mass is 262 g/mol. The molecule has 1 rings (SSSR count). The molecule has 2 nitrogen and oxygen atoms in total. The summed E-state index contributed by atoms with van der Waals surface area (Å²) >= 11 is 0. The lowest BCUT2D eigenvalue weighted by Crippen LogP contribution is -2.37. The van der Waals surface area contributed by atoms with Crippen LogP contribution in [0.15, 0.2) is 24.3 Å². The Bertz CT molecular complexity index is 349. The topological polar surface area (TPSA) is 15.3 Å². The van der Waals surface area contributed by atoms with Gasteiger partial charge in [0.15, 0.2) is 0 Å². The Morgan fingerprint density at radius 2 is 1.63 bits per heavy atom. The van der Waals surface area contributed by atoms with Crippen molar-refractivity contribution in [2.45, 2.75) is 52.6 Å². The van der Waals surface area contributed by atoms with Crippen molar-refractivity contribution >= 4 is 0 Å². The molecule has 19 heavy (non-hydrogen) atoms. The molecule has 108 valence electrons. The zero-order valence-corrected chi connectivity index (χ0v) is 13.3. The first-order valence-electron chi connectivity index (χ1n) is 7.42. The van der Waals surface area contributed by atoms with Crippen molar-refractivity contribution in [2.24, 2.45) is 0 Å². The summed E-state index contributed by atoms with van der Waals surface area (Å²) in [6, 6.07) is 9.05. The number of hydrogen-bond acceptors (Lipinski definition) is 2. The minimum absolute atomic E-state index is 0.211. The van der Waals surface area contributed by atoms with Gasteiger partial charge >= 0.3 is 0 Å². The van der Waals surface area contributed by atoms with Crippen LogP contribution in [0.5, 0.6) is 0 Å². The van der Waals surface area contributed by atoms with Gasteiger partial charge in [0.1, 0.15) is 0 Å². The Morgan fingerprint density at radius 3 is 2.16 bits per heavy atom. The van der Waals surface area contributed by atoms with Crippen LogP contribution in [-0.4, -0.2) is 30.6 Å². The summed E-state index contributed by atoms with van der Waals surface area (Å²) in [7, 11) is 2.19. The van der Waals surface area contributed by atoms with Crippen molar-refractivity contribution in [3.05, 3.63) is 35.4 Å². The van der Waals surface area contributed by atoms with Crippen LogP contribution < -0.4 is 5.32 Å². The lowest BCUT2D eigenvalue weighted by molar-refractivity contribution is 0.327. The zero-order valence-electron chi connectivity index (χ0n) is 13.3. The van der Waals surface area contributed by atoms with Crippen LogP contribution >= 0.6 is 0 Å². The Balaban J connectivity index is 2.39. The quantitative estimate of drug-likeness (QED) is 0.809. The van der Waals surface area contributed by atoms with Gasteiger partial charge in [0, 0.05) is 12.1 Å². The molecule has 0 radical (unpaired) electrons. The number of benzene rings is 1. The van der Waals surface area contributed by atoms with Crippen molar-refractivity contribution in [1.29, 1.82) is 0 Å². The fraction of sp³-hybridized carbons (Fsp3) is 0.647. The summed E-state index contributed by atoms with van der Waals surface area (Å²) in [6.07, 6.45) is 2.31. The van der Waals surface area contributed by atoms with Gasteiger partial charge in [-0.25, -0.2) is 0 Å². The predicted molar refractivity (Wildman–Crippen MR) is 84.5 cm³/mol. The number of rotatable bonds is 7. The van der Waals surface area contributed by atoms with Crippen LogP contribution in [0.3, 0.4) is 0 Å². The lowest BCUT2D eigenvalue weighted by Gasteiger charge is -2.20. The molecule has 0 spiro atoms. The molecular formula is C17H30N2. The summed E-state index contributed by atoms with van der Waals surface area (Å²) in [5.74, 6) is 0. The van der Waals surface area contributed by atoms with E-state index in [1.807, 2.05) is 0 Å². The van der Waals surface area contributed by atoms with Crippen molar-refractivity contribution in [3.8, 4) is 0 Å². The summed E-state index contributed by atoms with van der Waals surface area (Å²) in [4.78, 5) is 2.37. The number of hydrogen-bond donors (Lipinski definition) is 1. The average molecular weight is 262 g/mol. The van der Waals surface area contributed by atoms with Crippen LogP contribution in [-0.2, 0) is 13.0 Å². The van der Waals surface area contributed by atoms with E-state index in [1.54, 1.807) is 0 Å². The highest BCUT2D eigenvalue weighted by Gasteiger charge is 2.07. The molecule has 0 aromatic heterocycles. The second-order valence-electron chi connectivity index (χ2n) is 6.48. The van der Waals surface area contributed by atoms with E-state index < -0.39 is 0 Å². The summed E-state index contributed by atoms with van der Waals surface area (Å²) in [5.41, 5.74) is 3.03. The number of nitrogens with zero attached hydrogens (tertiary/aromatic N) is 1. The molecule has 1 aromatic carbocycles. The smallest absolute Gasteiger partial charge is 0.0230 e. The second-order valence-corrected chi connectivity index (χ2v) is 6.48. The maximum Gasteiger partial charge on any atom is 0.0230 e. The van der Waals surface area contributed by atoms with E-state index in [9.17, 15) is 0 Å². The third-order valence-corrected chi connectivity index (χ3v) is 3.15. The van der Waals surface area contributed by atoms with Crippen molar-refractivity contribution in [3.63, 3.8) is 0 Å². The van der Waals surface area contributed by atoms with Crippen LogP contribution in [0.1, 0.15) is 45.2 Å². The maximum atomic E-state index is 3.53. The van der Waals surface area contributed by atoms with E-state index in [-0.39, 0.29) is 5.54 Å². The molecule has 0 amide bonds. The van der Waals surface area contributed by atoms with Crippen LogP contribution in [0, 0.1) is 0 Å². The van der Waals surface area contributed by atoms with Crippen molar-refractivity contribution in [1.82, 2.24) is 10.2 Å². The molecule has 1 aromatic rings. The highest BCUT2D eigenvalue weighted by Crippen LogP contribution is 2.08. The molecule has 0 unspecified atom stereocenters. The molecule has 0 aliphatic heterocycles. The molecule has 2 heteroatoms. The van der Waals surface area contributed by atoms with Gasteiger partial charge in [-0.2, -0.15) is 0 Å². The molecule has 0 saturated carbocycles. The number of nitrogens with one attached hydrogen (secondary N) is 1. The van der Waals surface area contributed by atoms with Gasteiger partial charge in [-0.15, -0.1) is 0 Å². The Labute approximate surface area is 119 Å². The van der Waals surface area contributed by atoms with E-state index in [4.69, 9.17) is 0 Å². The zero-order chi connectivity index (χ0) is 14.3. The first-order chi connectivity index (χ1) is 8.90. The Morgan fingerprint density at radius 1 is 1.05 bits per heavy atom. The minimum Gasteiger partial charge on any atom is -0.312 e. The van der Waals surface area contributed by atoms with Crippen molar-refractivity contribution < 1.29 is 0 Å². The summed E-state index contributed by atoms with van der Waals surface area (Å²) in [5, 5.41) is 3.53. The van der Waals surface area contributed by atoms with E-state index in [2.05, 4.69) is 69.2 Å². The molecular weight excluding hydrogens is 232 g/mol. The van der Waals surface area contributed by atoms with Gasteiger partial charge in [0.25, 0.3) is 0 Å². The molecule has 0 aliphatic rings. The molecule has 0 fully saturated rings. The van der Waals surface area contributed by atoms with Gasteiger partial charge < -0.3 is 10.2 Å². The first kappa shape index (κ1) is 16.2. The molecule has 0 bridgehead atoms. The predicted octanol–water partition coefficient (Wildman–Crippen LogP) is 3.46. The van der Waals surface area contributed by atoms with Gasteiger partial charge in [0.2, 0.25) is 0 Å². The lowest BCUT2D eigenvalue weighted by atomic mass is 10.1. The average Bonchev–Trinajstić information content (AvgIpc) is 2.30. The SMILES string of the molecule is CCCN(C)Cc1ccc(CCNC(C)(C)C)cc1. The maximum absolute atomic E-state index is 3.53. The van der Waals surface area contributed by atoms with E-state index >= 15 is 0 Å². The van der Waals surface area contributed by atoms with E-state index in [0.717, 1.165) is 26.1 Å². The Kier molecular flexibility index (Phi) is 6.53. The van der Waals surface area contributed by atoms with Gasteiger partial charge in [0.05, 0.1) is 0 Å². The second kappa shape index (κ2) is 7.66. The highest BCUT2D eigenvalue weighted by atomic mass is 15.1. The first-order valence-corrected chi connectivity index (χ1v) is 7.42. The fourth-order valence-electron chi connectivity index (χ4n) is 2.17. The van der Waals surface area contributed by atoms with Gasteiger partial charge in [-0.1, -0.05) is 31.2 Å². The largest absolute Gasteiger partial charge is 0.312 e. The molecule has 0 saturated heterocycles. The molecule has 0 atom stereocenters. The highest BCUT2D eigenvalue weighted by molar-refractivity contribution is 5.22. The summed E-state index contributed by atoms with van der Waals surface area (Å²) in [6.45, 7) is 12.1. The fourth-order valence-corrected chi connectivity index (χ4v) is 2.17. The van der Waals surface area contributed by atoms with Gasteiger partial charge in [-0.3, -0.25) is 0 Å². The van der Waals surface area contributed by atoms with Crippen molar-refractivity contribution in [2.75, 3.05) is 20.1 Å². The third-order valence-electron chi connectivity index (χ3n) is 3.15. The van der Waals surface area contributed by atoms with E-state index in [1.165, 1.54) is 17.5 Å². The Hall–Kier alpha value is -0.860.